The van der Waals surface area contributed by atoms with Crippen LogP contribution in [-0.2, 0) is 14.3 Å². The number of hydrogen-bond acceptors (Lipinski definition) is 4. The smallest absolute Gasteiger partial charge is 0.321 e. The highest BCUT2D eigenvalue weighted by Gasteiger charge is 2.30. The molecule has 0 radical (unpaired) electrons. The van der Waals surface area contributed by atoms with Crippen LogP contribution in [0.3, 0.4) is 0 Å². The first-order valence-corrected chi connectivity index (χ1v) is 6.70. The molecule has 0 unspecified atom stereocenters. The summed E-state index contributed by atoms with van der Waals surface area (Å²) < 4.78 is 5.32. The highest BCUT2D eigenvalue weighted by atomic mass is 16.5. The van der Waals surface area contributed by atoms with Crippen LogP contribution >= 0.6 is 0 Å². The average molecular weight is 286 g/mol. The maximum absolute atomic E-state index is 11.5. The summed E-state index contributed by atoms with van der Waals surface area (Å²) >= 11 is 0. The number of imide groups is 1. The average Bonchev–Trinajstić information content (AvgIpc) is 3.11. The maximum Gasteiger partial charge on any atom is 0.321 e. The first-order chi connectivity index (χ1) is 9.31. The Kier molecular flexibility index (Phi) is 5.94. The maximum atomic E-state index is 11.5. The summed E-state index contributed by atoms with van der Waals surface area (Å²) in [7, 11) is 0. The third-order valence-corrected chi connectivity index (χ3v) is 3.02. The highest BCUT2D eigenvalue weighted by molar-refractivity contribution is 5.96. The lowest BCUT2D eigenvalue weighted by atomic mass is 9.89. The lowest BCUT2D eigenvalue weighted by Crippen LogP contribution is -2.43. The van der Waals surface area contributed by atoms with Crippen LogP contribution in [0.15, 0.2) is 0 Å². The van der Waals surface area contributed by atoms with Crippen molar-refractivity contribution in [1.29, 1.82) is 0 Å². The third-order valence-electron chi connectivity index (χ3n) is 3.02. The number of rotatable bonds is 8. The molecular weight excluding hydrogens is 264 g/mol. The van der Waals surface area contributed by atoms with E-state index in [1.807, 2.05) is 0 Å². The fourth-order valence-electron chi connectivity index (χ4n) is 1.46. The van der Waals surface area contributed by atoms with E-state index in [1.165, 1.54) is 26.7 Å². The molecule has 20 heavy (non-hydrogen) atoms. The van der Waals surface area contributed by atoms with E-state index in [0.717, 1.165) is 6.61 Å². The normalized spacial score (nSPS) is 14.7. The van der Waals surface area contributed by atoms with Crippen LogP contribution in [0, 0.1) is 11.3 Å². The van der Waals surface area contributed by atoms with Crippen LogP contribution < -0.4 is 10.6 Å². The molecule has 0 spiro atoms. The van der Waals surface area contributed by atoms with E-state index in [4.69, 9.17) is 9.84 Å². The van der Waals surface area contributed by atoms with Gasteiger partial charge >= 0.3 is 12.0 Å². The number of carbonyl (C=O) groups excluding carboxylic acids is 2. The molecule has 7 heteroatoms. The van der Waals surface area contributed by atoms with Gasteiger partial charge in [0.05, 0.1) is 12.0 Å². The van der Waals surface area contributed by atoms with Crippen molar-refractivity contribution in [2.45, 2.75) is 33.1 Å². The van der Waals surface area contributed by atoms with Crippen molar-refractivity contribution in [3.05, 3.63) is 0 Å². The number of carboxylic acid groups (broad SMARTS) is 1. The van der Waals surface area contributed by atoms with Crippen LogP contribution in [0.1, 0.15) is 33.1 Å². The molecule has 0 bridgehead atoms. The summed E-state index contributed by atoms with van der Waals surface area (Å²) in [4.78, 5) is 33.7. The first kappa shape index (κ1) is 16.4. The SMILES string of the molecule is CC(C)(CC(=O)NC(=O)NCCOCC1CC1)C(=O)O. The highest BCUT2D eigenvalue weighted by Crippen LogP contribution is 2.28. The molecule has 3 amide bonds. The second-order valence-corrected chi connectivity index (χ2v) is 5.69. The lowest BCUT2D eigenvalue weighted by molar-refractivity contribution is -0.149. The molecule has 0 atom stereocenters. The van der Waals surface area contributed by atoms with E-state index in [2.05, 4.69) is 10.6 Å². The largest absolute Gasteiger partial charge is 0.481 e. The van der Waals surface area contributed by atoms with Crippen molar-refractivity contribution in [3.8, 4) is 0 Å². The quantitative estimate of drug-likeness (QED) is 0.571. The van der Waals surface area contributed by atoms with Gasteiger partial charge in [0.25, 0.3) is 0 Å². The molecule has 114 valence electrons. The second kappa shape index (κ2) is 7.23. The van der Waals surface area contributed by atoms with E-state index in [1.54, 1.807) is 0 Å². The van der Waals surface area contributed by atoms with E-state index >= 15 is 0 Å². The van der Waals surface area contributed by atoms with Gasteiger partial charge in [0, 0.05) is 19.6 Å². The Labute approximate surface area is 118 Å². The molecule has 1 fully saturated rings. The lowest BCUT2D eigenvalue weighted by Gasteiger charge is -2.17. The predicted molar refractivity (Wildman–Crippen MR) is 71.1 cm³/mol. The number of aliphatic carboxylic acids is 1. The minimum atomic E-state index is -1.20. The summed E-state index contributed by atoms with van der Waals surface area (Å²) in [6, 6.07) is -0.633. The van der Waals surface area contributed by atoms with Gasteiger partial charge in [-0.1, -0.05) is 0 Å². The number of nitrogens with one attached hydrogen (secondary N) is 2. The standard InChI is InChI=1S/C13H22N2O5/c1-13(2,11(17)18)7-10(16)15-12(19)14-5-6-20-8-9-3-4-9/h9H,3-8H2,1-2H3,(H,17,18)(H2,14,15,16,19). The van der Waals surface area contributed by atoms with Crippen molar-refractivity contribution in [3.63, 3.8) is 0 Å². The van der Waals surface area contributed by atoms with E-state index in [-0.39, 0.29) is 6.42 Å². The zero-order valence-corrected chi connectivity index (χ0v) is 11.9. The van der Waals surface area contributed by atoms with Crippen LogP contribution in [0.2, 0.25) is 0 Å². The molecule has 1 aliphatic rings. The Morgan fingerprint density at radius 1 is 1.30 bits per heavy atom. The zero-order chi connectivity index (χ0) is 15.2. The van der Waals surface area contributed by atoms with Gasteiger partial charge in [0.15, 0.2) is 0 Å². The van der Waals surface area contributed by atoms with E-state index in [0.29, 0.717) is 19.1 Å². The summed E-state index contributed by atoms with van der Waals surface area (Å²) in [6.07, 6.45) is 2.16. The van der Waals surface area contributed by atoms with Crippen molar-refractivity contribution in [1.82, 2.24) is 10.6 Å². The van der Waals surface area contributed by atoms with Gasteiger partial charge in [-0.05, 0) is 32.6 Å². The molecule has 0 heterocycles. The molecule has 0 aromatic rings. The Balaban J connectivity index is 2.10. The minimum Gasteiger partial charge on any atom is -0.481 e. The molecule has 1 rings (SSSR count). The number of urea groups is 1. The summed E-state index contributed by atoms with van der Waals surface area (Å²) in [5.41, 5.74) is -1.20. The first-order valence-electron chi connectivity index (χ1n) is 6.70. The molecule has 0 aliphatic heterocycles. The molecule has 0 saturated heterocycles. The Hall–Kier alpha value is -1.63. The van der Waals surface area contributed by atoms with Crippen molar-refractivity contribution < 1.29 is 24.2 Å². The van der Waals surface area contributed by atoms with Crippen LogP contribution in [0.5, 0.6) is 0 Å². The third kappa shape index (κ3) is 6.51. The van der Waals surface area contributed by atoms with Crippen LogP contribution in [-0.4, -0.2) is 42.8 Å². The van der Waals surface area contributed by atoms with Crippen molar-refractivity contribution in [2.24, 2.45) is 11.3 Å². The second-order valence-electron chi connectivity index (χ2n) is 5.69. The monoisotopic (exact) mass is 286 g/mol. The number of carboxylic acids is 1. The van der Waals surface area contributed by atoms with E-state index in [9.17, 15) is 14.4 Å². The summed E-state index contributed by atoms with van der Waals surface area (Å²) in [6.45, 7) is 4.29. The molecule has 0 aromatic carbocycles. The van der Waals surface area contributed by atoms with Gasteiger partial charge in [-0.15, -0.1) is 0 Å². The molecule has 1 aliphatic carbocycles. The van der Waals surface area contributed by atoms with E-state index < -0.39 is 23.3 Å². The van der Waals surface area contributed by atoms with Gasteiger partial charge in [-0.3, -0.25) is 14.9 Å². The molecule has 0 aromatic heterocycles. The topological polar surface area (TPSA) is 105 Å². The van der Waals surface area contributed by atoms with Gasteiger partial charge in [0.1, 0.15) is 0 Å². The summed E-state index contributed by atoms with van der Waals surface area (Å²) in [5.74, 6) is -1.03. The number of hydrogen-bond donors (Lipinski definition) is 3. The van der Waals surface area contributed by atoms with Gasteiger partial charge < -0.3 is 15.2 Å². The number of ether oxygens (including phenoxy) is 1. The van der Waals surface area contributed by atoms with Gasteiger partial charge in [-0.25, -0.2) is 4.79 Å². The van der Waals surface area contributed by atoms with Crippen LogP contribution in [0.4, 0.5) is 4.79 Å². The number of amides is 3. The Morgan fingerprint density at radius 3 is 2.50 bits per heavy atom. The molecule has 1 saturated carbocycles. The number of carbonyl (C=O) groups is 3. The van der Waals surface area contributed by atoms with Crippen molar-refractivity contribution in [2.75, 3.05) is 19.8 Å². The molecular formula is C13H22N2O5. The van der Waals surface area contributed by atoms with Gasteiger partial charge in [-0.2, -0.15) is 0 Å². The predicted octanol–water partition coefficient (Wildman–Crippen LogP) is 0.740. The molecule has 7 nitrogen and oxygen atoms in total. The fourth-order valence-corrected chi connectivity index (χ4v) is 1.46. The van der Waals surface area contributed by atoms with Crippen LogP contribution in [0.25, 0.3) is 0 Å². The Morgan fingerprint density at radius 2 is 1.95 bits per heavy atom. The summed E-state index contributed by atoms with van der Waals surface area (Å²) in [5, 5.41) is 13.5. The Bertz CT molecular complexity index is 377. The van der Waals surface area contributed by atoms with Gasteiger partial charge in [0.2, 0.25) is 5.91 Å². The minimum absolute atomic E-state index is 0.256. The molecule has 3 N–H and O–H groups in total. The fraction of sp³-hybridized carbons (Fsp3) is 0.769. The van der Waals surface area contributed by atoms with Crippen molar-refractivity contribution >= 4 is 17.9 Å². The zero-order valence-electron chi connectivity index (χ0n) is 11.9.